The number of likely N-dealkylation sites (tertiary alicyclic amines) is 1. The highest BCUT2D eigenvalue weighted by Gasteiger charge is 2.42. The van der Waals surface area contributed by atoms with E-state index in [0.717, 1.165) is 50.6 Å². The minimum atomic E-state index is -0.512. The van der Waals surface area contributed by atoms with Gasteiger partial charge in [-0.2, -0.15) is 0 Å². The number of nitrogens with zero attached hydrogens (tertiary/aromatic N) is 1. The van der Waals surface area contributed by atoms with Crippen LogP contribution in [0.5, 0.6) is 0 Å². The number of fused-ring (bicyclic) bond motifs is 1. The summed E-state index contributed by atoms with van der Waals surface area (Å²) in [5.41, 5.74) is 5.80. The molecule has 2 unspecified atom stereocenters. The van der Waals surface area contributed by atoms with E-state index < -0.39 is 5.54 Å². The van der Waals surface area contributed by atoms with Crippen molar-refractivity contribution in [2.75, 3.05) is 13.1 Å². The van der Waals surface area contributed by atoms with Gasteiger partial charge in [0.05, 0.1) is 5.54 Å². The second kappa shape index (κ2) is 4.84. The maximum Gasteiger partial charge on any atom is 0.242 e. The molecule has 3 aliphatic rings. The van der Waals surface area contributed by atoms with E-state index >= 15 is 0 Å². The Morgan fingerprint density at radius 1 is 1.00 bits per heavy atom. The van der Waals surface area contributed by atoms with E-state index in [4.69, 9.17) is 5.73 Å². The fraction of sp³-hybridized carbons (Fsp3) is 0.933. The molecule has 3 nitrogen and oxygen atoms in total. The Bertz CT molecular complexity index is 322. The predicted octanol–water partition coefficient (Wildman–Crippen LogP) is 2.30. The standard InChI is InChI=1S/C15H26N2O/c16-15(8-3-4-9-15)14(18)17-10-7-12-5-1-2-6-13(12)11-17/h12-13H,1-11,16H2. The molecule has 2 saturated carbocycles. The molecule has 2 atom stereocenters. The Balaban J connectivity index is 1.64. The first kappa shape index (κ1) is 12.5. The third kappa shape index (κ3) is 2.18. The largest absolute Gasteiger partial charge is 0.341 e. The van der Waals surface area contributed by atoms with Crippen LogP contribution in [0.4, 0.5) is 0 Å². The van der Waals surface area contributed by atoms with E-state index in [1.54, 1.807) is 0 Å². The number of amides is 1. The van der Waals surface area contributed by atoms with E-state index in [1.807, 2.05) is 0 Å². The maximum absolute atomic E-state index is 12.6. The van der Waals surface area contributed by atoms with Crippen LogP contribution in [0.2, 0.25) is 0 Å². The number of carbonyl (C=O) groups is 1. The summed E-state index contributed by atoms with van der Waals surface area (Å²) in [6.07, 6.45) is 10.7. The topological polar surface area (TPSA) is 46.3 Å². The quantitative estimate of drug-likeness (QED) is 0.776. The van der Waals surface area contributed by atoms with Gasteiger partial charge in [-0.1, -0.05) is 32.1 Å². The zero-order valence-corrected chi connectivity index (χ0v) is 11.4. The molecular formula is C15H26N2O. The first-order chi connectivity index (χ1) is 8.69. The first-order valence-electron chi connectivity index (χ1n) is 7.77. The average molecular weight is 250 g/mol. The van der Waals surface area contributed by atoms with Crippen molar-refractivity contribution in [2.45, 2.75) is 63.3 Å². The van der Waals surface area contributed by atoms with Crippen LogP contribution in [-0.4, -0.2) is 29.4 Å². The molecule has 2 N–H and O–H groups in total. The third-order valence-corrected chi connectivity index (χ3v) is 5.50. The molecule has 0 aromatic rings. The van der Waals surface area contributed by atoms with Crippen molar-refractivity contribution in [3.8, 4) is 0 Å². The van der Waals surface area contributed by atoms with E-state index in [-0.39, 0.29) is 5.91 Å². The molecular weight excluding hydrogens is 224 g/mol. The molecule has 0 aromatic heterocycles. The van der Waals surface area contributed by atoms with Gasteiger partial charge in [-0.3, -0.25) is 4.79 Å². The summed E-state index contributed by atoms with van der Waals surface area (Å²) in [5.74, 6) is 1.91. The second-order valence-corrected chi connectivity index (χ2v) is 6.71. The SMILES string of the molecule is NC1(C(=O)N2CCC3CCCCC3C2)CCCC1. The number of carbonyl (C=O) groups excluding carboxylic acids is 1. The van der Waals surface area contributed by atoms with Crippen LogP contribution in [0.1, 0.15) is 57.8 Å². The molecule has 3 fully saturated rings. The van der Waals surface area contributed by atoms with Gasteiger partial charge in [0.15, 0.2) is 0 Å². The van der Waals surface area contributed by atoms with Crippen molar-refractivity contribution >= 4 is 5.91 Å². The number of rotatable bonds is 1. The zero-order valence-electron chi connectivity index (χ0n) is 11.4. The van der Waals surface area contributed by atoms with Gasteiger partial charge in [-0.25, -0.2) is 0 Å². The van der Waals surface area contributed by atoms with Gasteiger partial charge in [0, 0.05) is 13.1 Å². The summed E-state index contributed by atoms with van der Waals surface area (Å²) in [7, 11) is 0. The van der Waals surface area contributed by atoms with Crippen LogP contribution in [0.25, 0.3) is 0 Å². The lowest BCUT2D eigenvalue weighted by molar-refractivity contribution is -0.140. The fourth-order valence-corrected chi connectivity index (χ4v) is 4.32. The minimum Gasteiger partial charge on any atom is -0.341 e. The van der Waals surface area contributed by atoms with Gasteiger partial charge < -0.3 is 10.6 Å². The Morgan fingerprint density at radius 3 is 2.39 bits per heavy atom. The lowest BCUT2D eigenvalue weighted by Crippen LogP contribution is -2.57. The summed E-state index contributed by atoms with van der Waals surface area (Å²) >= 11 is 0. The van der Waals surface area contributed by atoms with Crippen molar-refractivity contribution < 1.29 is 4.79 Å². The van der Waals surface area contributed by atoms with Crippen molar-refractivity contribution in [3.05, 3.63) is 0 Å². The molecule has 0 bridgehead atoms. The van der Waals surface area contributed by atoms with Crippen LogP contribution in [0.15, 0.2) is 0 Å². The lowest BCUT2D eigenvalue weighted by atomic mass is 9.75. The Labute approximate surface area is 110 Å². The van der Waals surface area contributed by atoms with Crippen molar-refractivity contribution in [1.82, 2.24) is 4.90 Å². The summed E-state index contributed by atoms with van der Waals surface area (Å²) in [6, 6.07) is 0. The molecule has 3 rings (SSSR count). The zero-order chi connectivity index (χ0) is 12.6. The first-order valence-corrected chi connectivity index (χ1v) is 7.77. The minimum absolute atomic E-state index is 0.254. The predicted molar refractivity (Wildman–Crippen MR) is 72.0 cm³/mol. The van der Waals surface area contributed by atoms with Crippen LogP contribution in [0, 0.1) is 11.8 Å². The average Bonchev–Trinajstić information content (AvgIpc) is 2.85. The molecule has 1 saturated heterocycles. The highest BCUT2D eigenvalue weighted by atomic mass is 16.2. The molecule has 0 spiro atoms. The number of nitrogens with two attached hydrogens (primary N) is 1. The summed E-state index contributed by atoms with van der Waals surface area (Å²) in [4.78, 5) is 14.7. The van der Waals surface area contributed by atoms with Crippen molar-refractivity contribution in [2.24, 2.45) is 17.6 Å². The van der Waals surface area contributed by atoms with Crippen molar-refractivity contribution in [3.63, 3.8) is 0 Å². The Kier molecular flexibility index (Phi) is 3.35. The summed E-state index contributed by atoms with van der Waals surface area (Å²) in [5, 5.41) is 0. The number of hydrogen-bond donors (Lipinski definition) is 1. The number of piperidine rings is 1. The third-order valence-electron chi connectivity index (χ3n) is 5.50. The molecule has 0 radical (unpaired) electrons. The Morgan fingerprint density at radius 2 is 1.67 bits per heavy atom. The van der Waals surface area contributed by atoms with Crippen LogP contribution >= 0.6 is 0 Å². The molecule has 3 heteroatoms. The molecule has 1 heterocycles. The van der Waals surface area contributed by atoms with E-state index in [9.17, 15) is 4.79 Å². The van der Waals surface area contributed by atoms with Gasteiger partial charge in [0.1, 0.15) is 0 Å². The molecule has 2 aliphatic carbocycles. The second-order valence-electron chi connectivity index (χ2n) is 6.71. The van der Waals surface area contributed by atoms with Crippen molar-refractivity contribution in [1.29, 1.82) is 0 Å². The monoisotopic (exact) mass is 250 g/mol. The summed E-state index contributed by atoms with van der Waals surface area (Å²) in [6.45, 7) is 1.95. The van der Waals surface area contributed by atoms with E-state index in [1.165, 1.54) is 32.1 Å². The highest BCUT2D eigenvalue weighted by molar-refractivity contribution is 5.86. The fourth-order valence-electron chi connectivity index (χ4n) is 4.32. The van der Waals surface area contributed by atoms with Gasteiger partial charge in [0.25, 0.3) is 0 Å². The van der Waals surface area contributed by atoms with Gasteiger partial charge in [-0.05, 0) is 37.5 Å². The van der Waals surface area contributed by atoms with Crippen LogP contribution in [-0.2, 0) is 4.79 Å². The smallest absolute Gasteiger partial charge is 0.242 e. The lowest BCUT2D eigenvalue weighted by Gasteiger charge is -2.43. The molecule has 1 amide bonds. The van der Waals surface area contributed by atoms with E-state index in [2.05, 4.69) is 4.90 Å². The molecule has 102 valence electrons. The maximum atomic E-state index is 12.6. The molecule has 1 aliphatic heterocycles. The van der Waals surface area contributed by atoms with Gasteiger partial charge in [-0.15, -0.1) is 0 Å². The summed E-state index contributed by atoms with van der Waals surface area (Å²) < 4.78 is 0. The van der Waals surface area contributed by atoms with Crippen LogP contribution < -0.4 is 5.73 Å². The normalized spacial score (nSPS) is 35.3. The van der Waals surface area contributed by atoms with Crippen LogP contribution in [0.3, 0.4) is 0 Å². The number of hydrogen-bond acceptors (Lipinski definition) is 2. The van der Waals surface area contributed by atoms with E-state index in [0.29, 0.717) is 0 Å². The molecule has 18 heavy (non-hydrogen) atoms. The van der Waals surface area contributed by atoms with Gasteiger partial charge in [0.2, 0.25) is 5.91 Å². The highest BCUT2D eigenvalue weighted by Crippen LogP contribution is 2.37. The van der Waals surface area contributed by atoms with Gasteiger partial charge >= 0.3 is 0 Å². The molecule has 0 aromatic carbocycles. The Hall–Kier alpha value is -0.570.